The van der Waals surface area contributed by atoms with Gasteiger partial charge in [0, 0.05) is 19.1 Å². The second-order valence-corrected chi connectivity index (χ2v) is 3.03. The highest BCUT2D eigenvalue weighted by Crippen LogP contribution is 2.24. The third kappa shape index (κ3) is 2.47. The van der Waals surface area contributed by atoms with Crippen LogP contribution in [0, 0.1) is 0 Å². The lowest BCUT2D eigenvalue weighted by molar-refractivity contribution is -0.00000227. The number of benzene rings is 1. The number of anilines is 2. The minimum atomic E-state index is 0. The van der Waals surface area contributed by atoms with Crippen LogP contribution in [0.1, 0.15) is 0 Å². The number of hydrogen-bond donors (Lipinski definition) is 1. The van der Waals surface area contributed by atoms with Crippen molar-refractivity contribution < 1.29 is 12.4 Å². The lowest BCUT2D eigenvalue weighted by Crippen LogP contribution is -3.00. The van der Waals surface area contributed by atoms with Crippen molar-refractivity contribution in [2.75, 3.05) is 24.7 Å². The summed E-state index contributed by atoms with van der Waals surface area (Å²) in [5.41, 5.74) is 7.40. The van der Waals surface area contributed by atoms with Crippen LogP contribution < -0.4 is 23.0 Å². The number of nitrogens with zero attached hydrogens (tertiary/aromatic N) is 1. The topological polar surface area (TPSA) is 29.3 Å². The molecule has 2 N–H and O–H groups in total. The van der Waals surface area contributed by atoms with Gasteiger partial charge in [-0.25, -0.2) is 0 Å². The first-order chi connectivity index (χ1) is 5.11. The van der Waals surface area contributed by atoms with Crippen molar-refractivity contribution >= 4 is 23.0 Å². The standard InChI is InChI=1S/C8H11ClN2.ClH/c1-11(2)8-4-3-6(9)5-7(8)10;/h3-5H,10H2,1-2H3;1H/p-1. The molecular weight excluding hydrogens is 195 g/mol. The quantitative estimate of drug-likeness (QED) is 0.597. The molecule has 4 heteroatoms. The maximum absolute atomic E-state index is 5.72. The summed E-state index contributed by atoms with van der Waals surface area (Å²) < 4.78 is 0. The van der Waals surface area contributed by atoms with Crippen molar-refractivity contribution in [2.45, 2.75) is 0 Å². The molecule has 0 radical (unpaired) electrons. The fourth-order valence-electron chi connectivity index (χ4n) is 0.933. The molecule has 0 heterocycles. The molecule has 0 amide bonds. The smallest absolute Gasteiger partial charge is 0.0595 e. The minimum absolute atomic E-state index is 0. The first-order valence-electron chi connectivity index (χ1n) is 3.33. The Labute approximate surface area is 83.7 Å². The van der Waals surface area contributed by atoms with E-state index in [-0.39, 0.29) is 12.4 Å². The second-order valence-electron chi connectivity index (χ2n) is 2.60. The normalized spacial score (nSPS) is 8.92. The zero-order valence-corrected chi connectivity index (χ0v) is 8.52. The highest BCUT2D eigenvalue weighted by molar-refractivity contribution is 6.31. The summed E-state index contributed by atoms with van der Waals surface area (Å²) in [6.07, 6.45) is 0. The van der Waals surface area contributed by atoms with Gasteiger partial charge >= 0.3 is 0 Å². The number of hydrogen-bond acceptors (Lipinski definition) is 2. The van der Waals surface area contributed by atoms with E-state index >= 15 is 0 Å². The van der Waals surface area contributed by atoms with Crippen molar-refractivity contribution in [1.82, 2.24) is 0 Å². The zero-order chi connectivity index (χ0) is 8.43. The molecule has 0 saturated heterocycles. The van der Waals surface area contributed by atoms with Gasteiger partial charge in [0.25, 0.3) is 0 Å². The predicted molar refractivity (Wildman–Crippen MR) is 50.2 cm³/mol. The molecule has 0 aliphatic rings. The van der Waals surface area contributed by atoms with Crippen LogP contribution in [-0.2, 0) is 0 Å². The Morgan fingerprint density at radius 1 is 1.33 bits per heavy atom. The summed E-state index contributed by atoms with van der Waals surface area (Å²) in [6.45, 7) is 0. The van der Waals surface area contributed by atoms with Crippen molar-refractivity contribution in [3.8, 4) is 0 Å². The van der Waals surface area contributed by atoms with Crippen LogP contribution in [0.15, 0.2) is 18.2 Å². The van der Waals surface area contributed by atoms with Crippen molar-refractivity contribution in [1.29, 1.82) is 0 Å². The van der Waals surface area contributed by atoms with Gasteiger partial charge in [-0.3, -0.25) is 0 Å². The molecule has 1 aromatic rings. The van der Waals surface area contributed by atoms with Gasteiger partial charge in [-0.05, 0) is 18.2 Å². The maximum atomic E-state index is 5.72. The molecule has 0 aliphatic carbocycles. The van der Waals surface area contributed by atoms with Crippen LogP contribution in [0.3, 0.4) is 0 Å². The van der Waals surface area contributed by atoms with Gasteiger partial charge < -0.3 is 23.0 Å². The highest BCUT2D eigenvalue weighted by Gasteiger charge is 1.99. The molecular formula is C8H11Cl2N2-. The second kappa shape index (κ2) is 4.43. The Morgan fingerprint density at radius 2 is 1.92 bits per heavy atom. The molecule has 1 rings (SSSR count). The van der Waals surface area contributed by atoms with Gasteiger partial charge in [-0.2, -0.15) is 0 Å². The largest absolute Gasteiger partial charge is 1.00 e. The minimum Gasteiger partial charge on any atom is -1.00 e. The fourth-order valence-corrected chi connectivity index (χ4v) is 1.11. The molecule has 2 nitrogen and oxygen atoms in total. The third-order valence-corrected chi connectivity index (χ3v) is 1.71. The average Bonchev–Trinajstić information content (AvgIpc) is 1.85. The number of rotatable bonds is 1. The SMILES string of the molecule is CN(C)c1ccc(Cl)cc1N.[Cl-]. The molecule has 0 spiro atoms. The summed E-state index contributed by atoms with van der Waals surface area (Å²) in [6, 6.07) is 5.47. The van der Waals surface area contributed by atoms with Crippen LogP contribution in [-0.4, -0.2) is 14.1 Å². The molecule has 12 heavy (non-hydrogen) atoms. The molecule has 0 bridgehead atoms. The Bertz CT molecular complexity index is 261. The lowest BCUT2D eigenvalue weighted by atomic mass is 10.2. The van der Waals surface area contributed by atoms with Crippen LogP contribution in [0.2, 0.25) is 5.02 Å². The van der Waals surface area contributed by atoms with E-state index in [1.807, 2.05) is 31.1 Å². The lowest BCUT2D eigenvalue weighted by Gasteiger charge is -2.14. The molecule has 0 saturated carbocycles. The summed E-state index contributed by atoms with van der Waals surface area (Å²) in [5, 5.41) is 0.674. The van der Waals surface area contributed by atoms with Gasteiger partial charge in [-0.15, -0.1) is 0 Å². The van der Waals surface area contributed by atoms with E-state index in [2.05, 4.69) is 0 Å². The highest BCUT2D eigenvalue weighted by atomic mass is 35.5. The average molecular weight is 206 g/mol. The monoisotopic (exact) mass is 205 g/mol. The van der Waals surface area contributed by atoms with Gasteiger partial charge in [-0.1, -0.05) is 11.6 Å². The molecule has 1 aromatic carbocycles. The number of nitrogens with two attached hydrogens (primary N) is 1. The van der Waals surface area contributed by atoms with Crippen LogP contribution in [0.25, 0.3) is 0 Å². The van der Waals surface area contributed by atoms with Crippen LogP contribution in [0.4, 0.5) is 11.4 Å². The summed E-state index contributed by atoms with van der Waals surface area (Å²) >= 11 is 5.72. The number of halogens is 2. The predicted octanol–water partition coefficient (Wildman–Crippen LogP) is -1.01. The summed E-state index contributed by atoms with van der Waals surface area (Å²) in [5.74, 6) is 0. The van der Waals surface area contributed by atoms with E-state index in [1.54, 1.807) is 6.07 Å². The number of nitrogen functional groups attached to an aromatic ring is 1. The van der Waals surface area contributed by atoms with Gasteiger partial charge in [0.15, 0.2) is 0 Å². The fraction of sp³-hybridized carbons (Fsp3) is 0.250. The van der Waals surface area contributed by atoms with Crippen molar-refractivity contribution in [2.24, 2.45) is 0 Å². The molecule has 0 fully saturated rings. The van der Waals surface area contributed by atoms with Gasteiger partial charge in [0.2, 0.25) is 0 Å². The molecule has 0 aliphatic heterocycles. The van der Waals surface area contributed by atoms with Crippen molar-refractivity contribution in [3.63, 3.8) is 0 Å². The van der Waals surface area contributed by atoms with E-state index < -0.39 is 0 Å². The Hall–Kier alpha value is -0.600. The molecule has 0 aromatic heterocycles. The molecule has 0 atom stereocenters. The van der Waals surface area contributed by atoms with Crippen LogP contribution >= 0.6 is 11.6 Å². The van der Waals surface area contributed by atoms with E-state index in [9.17, 15) is 0 Å². The Morgan fingerprint density at radius 3 is 2.33 bits per heavy atom. The van der Waals surface area contributed by atoms with E-state index in [4.69, 9.17) is 17.3 Å². The van der Waals surface area contributed by atoms with Gasteiger partial charge in [0.1, 0.15) is 0 Å². The van der Waals surface area contributed by atoms with E-state index in [0.29, 0.717) is 10.7 Å². The zero-order valence-electron chi connectivity index (χ0n) is 7.01. The Balaban J connectivity index is 0.00000121. The molecule has 0 unspecified atom stereocenters. The Kier molecular flexibility index (Phi) is 4.21. The van der Waals surface area contributed by atoms with Gasteiger partial charge in [0.05, 0.1) is 11.4 Å². The summed E-state index contributed by atoms with van der Waals surface area (Å²) in [7, 11) is 3.89. The van der Waals surface area contributed by atoms with Crippen LogP contribution in [0.5, 0.6) is 0 Å². The third-order valence-electron chi connectivity index (χ3n) is 1.47. The first kappa shape index (κ1) is 11.4. The van der Waals surface area contributed by atoms with E-state index in [0.717, 1.165) is 5.69 Å². The maximum Gasteiger partial charge on any atom is 0.0595 e. The molecule has 68 valence electrons. The van der Waals surface area contributed by atoms with E-state index in [1.165, 1.54) is 0 Å². The van der Waals surface area contributed by atoms with Crippen molar-refractivity contribution in [3.05, 3.63) is 23.2 Å². The summed E-state index contributed by atoms with van der Waals surface area (Å²) in [4.78, 5) is 1.95. The first-order valence-corrected chi connectivity index (χ1v) is 3.71.